The Morgan fingerprint density at radius 2 is 1.84 bits per heavy atom. The van der Waals surface area contributed by atoms with E-state index >= 15 is 0 Å². The highest BCUT2D eigenvalue weighted by atomic mass is 19.4. The van der Waals surface area contributed by atoms with Gasteiger partial charge in [-0.05, 0) is 24.3 Å². The highest BCUT2D eigenvalue weighted by molar-refractivity contribution is 6.42. The maximum Gasteiger partial charge on any atom is 0.416 e. The molecule has 1 rings (SSSR count). The molecule has 0 heterocycles. The van der Waals surface area contributed by atoms with E-state index in [1.165, 1.54) is 14.2 Å². The van der Waals surface area contributed by atoms with Crippen LogP contribution in [0.4, 0.5) is 13.2 Å². The number of likely N-dealkylation sites (N-methyl/N-ethyl adjacent to an activating group) is 1. The van der Waals surface area contributed by atoms with Gasteiger partial charge in [0.25, 0.3) is 0 Å². The van der Waals surface area contributed by atoms with Crippen LogP contribution in [0.25, 0.3) is 5.53 Å². The van der Waals surface area contributed by atoms with Crippen molar-refractivity contribution in [1.82, 2.24) is 5.06 Å². The van der Waals surface area contributed by atoms with Crippen LogP contribution in [0.2, 0.25) is 0 Å². The molecule has 0 aliphatic heterocycles. The first-order valence-electron chi connectivity index (χ1n) is 5.03. The Labute approximate surface area is 106 Å². The van der Waals surface area contributed by atoms with E-state index in [1.807, 2.05) is 0 Å². The third-order valence-electron chi connectivity index (χ3n) is 2.35. The van der Waals surface area contributed by atoms with E-state index in [2.05, 4.69) is 9.63 Å². The van der Waals surface area contributed by atoms with E-state index in [0.29, 0.717) is 0 Å². The molecule has 0 N–H and O–H groups in total. The molecular formula is C11H10F3N3O2. The van der Waals surface area contributed by atoms with Crippen LogP contribution in [0.1, 0.15) is 11.1 Å². The summed E-state index contributed by atoms with van der Waals surface area (Å²) in [5.41, 5.74) is 7.55. The number of halogens is 3. The van der Waals surface area contributed by atoms with Gasteiger partial charge >= 0.3 is 17.8 Å². The van der Waals surface area contributed by atoms with Crippen molar-refractivity contribution in [3.05, 3.63) is 40.9 Å². The third kappa shape index (κ3) is 3.40. The van der Waals surface area contributed by atoms with Crippen LogP contribution < -0.4 is 0 Å². The van der Waals surface area contributed by atoms with Gasteiger partial charge in [-0.3, -0.25) is 9.63 Å². The predicted molar refractivity (Wildman–Crippen MR) is 59.0 cm³/mol. The number of hydrogen-bond acceptors (Lipinski definition) is 2. The lowest BCUT2D eigenvalue weighted by Gasteiger charge is -2.10. The SMILES string of the molecule is CON(C)C(=O)C(=[N+]=[N-])c1ccc(C(F)(F)F)cc1. The normalized spacial score (nSPS) is 10.8. The van der Waals surface area contributed by atoms with Gasteiger partial charge in [0.15, 0.2) is 0 Å². The first-order valence-corrected chi connectivity index (χ1v) is 5.03. The average molecular weight is 273 g/mol. The number of rotatable bonds is 3. The summed E-state index contributed by atoms with van der Waals surface area (Å²) in [5, 5.41) is 0.784. The Morgan fingerprint density at radius 3 is 2.21 bits per heavy atom. The smallest absolute Gasteiger partial charge is 0.361 e. The molecule has 0 atom stereocenters. The quantitative estimate of drug-likeness (QED) is 0.364. The zero-order chi connectivity index (χ0) is 14.6. The van der Waals surface area contributed by atoms with Crippen molar-refractivity contribution >= 4 is 11.6 Å². The molecule has 102 valence electrons. The fourth-order valence-electron chi connectivity index (χ4n) is 1.27. The fraction of sp³-hybridized carbons (Fsp3) is 0.273. The van der Waals surface area contributed by atoms with E-state index in [0.717, 1.165) is 29.3 Å². The van der Waals surface area contributed by atoms with Crippen molar-refractivity contribution in [3.8, 4) is 0 Å². The van der Waals surface area contributed by atoms with Crippen LogP contribution in [-0.2, 0) is 15.8 Å². The summed E-state index contributed by atoms with van der Waals surface area (Å²) < 4.78 is 37.1. The second-order valence-corrected chi connectivity index (χ2v) is 3.51. The Balaban J connectivity index is 3.09. The molecule has 0 fully saturated rings. The highest BCUT2D eigenvalue weighted by Gasteiger charge is 2.32. The summed E-state index contributed by atoms with van der Waals surface area (Å²) in [5.74, 6) is -0.787. The molecule has 1 amide bonds. The Morgan fingerprint density at radius 1 is 1.32 bits per heavy atom. The van der Waals surface area contributed by atoms with Crippen molar-refractivity contribution in [2.45, 2.75) is 6.18 Å². The predicted octanol–water partition coefficient (Wildman–Crippen LogP) is 1.74. The molecule has 8 heteroatoms. The summed E-state index contributed by atoms with van der Waals surface area (Å²) in [6, 6.07) is 3.67. The zero-order valence-corrected chi connectivity index (χ0v) is 10.1. The minimum atomic E-state index is -4.47. The summed E-state index contributed by atoms with van der Waals surface area (Å²) in [6.45, 7) is 0. The Kier molecular flexibility index (Phi) is 4.42. The highest BCUT2D eigenvalue weighted by Crippen LogP contribution is 2.29. The standard InChI is InChI=1S/C11H10F3N3O2/c1-17(19-2)10(18)9(16-15)7-3-5-8(6-4-7)11(12,13)14/h3-6H,1-2H3. The maximum atomic E-state index is 12.4. The van der Waals surface area contributed by atoms with Crippen LogP contribution in [0.5, 0.6) is 0 Å². The van der Waals surface area contributed by atoms with Gasteiger partial charge in [-0.15, -0.1) is 0 Å². The van der Waals surface area contributed by atoms with Crippen LogP contribution in [-0.4, -0.2) is 35.6 Å². The second-order valence-electron chi connectivity index (χ2n) is 3.51. The summed E-state index contributed by atoms with van der Waals surface area (Å²) in [6.07, 6.45) is -4.47. The molecule has 19 heavy (non-hydrogen) atoms. The molecule has 0 aromatic heterocycles. The topological polar surface area (TPSA) is 65.9 Å². The van der Waals surface area contributed by atoms with Crippen molar-refractivity contribution in [3.63, 3.8) is 0 Å². The molecule has 0 bridgehead atoms. The summed E-state index contributed by atoms with van der Waals surface area (Å²) in [7, 11) is 2.50. The zero-order valence-electron chi connectivity index (χ0n) is 10.1. The van der Waals surface area contributed by atoms with Gasteiger partial charge in [0, 0.05) is 7.05 Å². The largest absolute Gasteiger partial charge is 0.416 e. The van der Waals surface area contributed by atoms with Gasteiger partial charge in [-0.2, -0.15) is 18.0 Å². The second kappa shape index (κ2) is 5.64. The number of benzene rings is 1. The number of amides is 1. The Hall–Kier alpha value is -2.18. The van der Waals surface area contributed by atoms with Crippen molar-refractivity contribution < 1.29 is 27.6 Å². The molecular weight excluding hydrogens is 263 g/mol. The van der Waals surface area contributed by atoms with Gasteiger partial charge < -0.3 is 5.53 Å². The minimum absolute atomic E-state index is 0.0457. The van der Waals surface area contributed by atoms with Crippen LogP contribution in [0.3, 0.4) is 0 Å². The molecule has 0 radical (unpaired) electrons. The van der Waals surface area contributed by atoms with Crippen molar-refractivity contribution in [2.75, 3.05) is 14.2 Å². The lowest BCUT2D eigenvalue weighted by Crippen LogP contribution is -2.33. The van der Waals surface area contributed by atoms with Crippen LogP contribution in [0, 0.1) is 0 Å². The molecule has 5 nitrogen and oxygen atoms in total. The molecule has 1 aromatic carbocycles. The number of hydroxylamine groups is 2. The van der Waals surface area contributed by atoms with Gasteiger partial charge in [0.05, 0.1) is 18.2 Å². The van der Waals surface area contributed by atoms with E-state index in [9.17, 15) is 18.0 Å². The number of carbonyl (C=O) groups is 1. The summed E-state index contributed by atoms with van der Waals surface area (Å²) >= 11 is 0. The number of nitrogens with zero attached hydrogens (tertiary/aromatic N) is 3. The van der Waals surface area contributed by atoms with Gasteiger partial charge in [0.2, 0.25) is 0 Å². The van der Waals surface area contributed by atoms with E-state index < -0.39 is 23.4 Å². The number of alkyl halides is 3. The summed E-state index contributed by atoms with van der Waals surface area (Å²) in [4.78, 5) is 19.1. The monoisotopic (exact) mass is 273 g/mol. The first-order chi connectivity index (χ1) is 8.81. The lowest BCUT2D eigenvalue weighted by molar-refractivity contribution is -0.164. The third-order valence-corrected chi connectivity index (χ3v) is 2.35. The molecule has 0 saturated carbocycles. The Bertz CT molecular complexity index is 519. The van der Waals surface area contributed by atoms with Crippen molar-refractivity contribution in [1.29, 1.82) is 0 Å². The molecule has 0 aliphatic rings. The van der Waals surface area contributed by atoms with E-state index in [4.69, 9.17) is 5.53 Å². The fourth-order valence-corrected chi connectivity index (χ4v) is 1.27. The average Bonchev–Trinajstić information content (AvgIpc) is 2.38. The van der Waals surface area contributed by atoms with Crippen LogP contribution >= 0.6 is 0 Å². The minimum Gasteiger partial charge on any atom is -0.361 e. The van der Waals surface area contributed by atoms with Gasteiger partial charge in [-0.1, -0.05) is 0 Å². The van der Waals surface area contributed by atoms with Gasteiger partial charge in [0.1, 0.15) is 0 Å². The van der Waals surface area contributed by atoms with Crippen LogP contribution in [0.15, 0.2) is 24.3 Å². The lowest BCUT2D eigenvalue weighted by atomic mass is 10.1. The molecule has 1 aromatic rings. The van der Waals surface area contributed by atoms with Gasteiger partial charge in [-0.25, -0.2) is 5.06 Å². The first kappa shape index (κ1) is 14.9. The molecule has 0 aliphatic carbocycles. The molecule has 0 saturated heterocycles. The number of carbonyl (C=O) groups excluding carboxylic acids is 1. The number of hydrogen-bond donors (Lipinski definition) is 0. The molecule has 0 unspecified atom stereocenters. The van der Waals surface area contributed by atoms with E-state index in [-0.39, 0.29) is 5.56 Å². The maximum absolute atomic E-state index is 12.4. The van der Waals surface area contributed by atoms with Crippen molar-refractivity contribution in [2.24, 2.45) is 0 Å². The molecule has 0 spiro atoms. The van der Waals surface area contributed by atoms with E-state index in [1.54, 1.807) is 0 Å².